The molecule has 2 N–H and O–H groups in total. The molecule has 0 fully saturated rings. The molecule has 18 heavy (non-hydrogen) atoms. The van der Waals surface area contributed by atoms with Gasteiger partial charge in [0.05, 0.1) is 5.69 Å². The van der Waals surface area contributed by atoms with Gasteiger partial charge in [-0.3, -0.25) is 0 Å². The quantitative estimate of drug-likeness (QED) is 0.917. The molecule has 0 radical (unpaired) electrons. The normalized spacial score (nSPS) is 12.7. The third-order valence-corrected chi connectivity index (χ3v) is 4.53. The fourth-order valence-electron chi connectivity index (χ4n) is 1.46. The first kappa shape index (κ1) is 13.6. The van der Waals surface area contributed by atoms with E-state index in [2.05, 4.69) is 20.9 Å². The molecule has 2 rings (SSSR count). The van der Waals surface area contributed by atoms with E-state index in [0.717, 1.165) is 26.4 Å². The van der Waals surface area contributed by atoms with Gasteiger partial charge in [0.2, 0.25) is 0 Å². The van der Waals surface area contributed by atoms with Crippen LogP contribution in [0.2, 0.25) is 0 Å². The van der Waals surface area contributed by atoms with E-state index in [0.29, 0.717) is 5.22 Å². The van der Waals surface area contributed by atoms with Crippen molar-refractivity contribution in [3.05, 3.63) is 39.7 Å². The number of aryl methyl sites for hydroxylation is 2. The fraction of sp³-hybridized carbons (Fsp3) is 0.308. The van der Waals surface area contributed by atoms with Crippen molar-refractivity contribution in [3.63, 3.8) is 0 Å². The Morgan fingerprint density at radius 3 is 2.61 bits per heavy atom. The number of hydrogen-bond acceptors (Lipinski definition) is 4. The van der Waals surface area contributed by atoms with Crippen LogP contribution in [0, 0.1) is 13.8 Å². The number of nitrogens with zero attached hydrogens (tertiary/aromatic N) is 1. The van der Waals surface area contributed by atoms with Crippen molar-refractivity contribution < 1.29 is 4.42 Å². The number of benzene rings is 1. The van der Waals surface area contributed by atoms with E-state index in [4.69, 9.17) is 10.2 Å². The van der Waals surface area contributed by atoms with Crippen LogP contribution >= 0.6 is 27.7 Å². The summed E-state index contributed by atoms with van der Waals surface area (Å²) in [7, 11) is 0. The molecular weight excluding hydrogens is 312 g/mol. The van der Waals surface area contributed by atoms with E-state index >= 15 is 0 Å². The van der Waals surface area contributed by atoms with Crippen LogP contribution in [0.15, 0.2) is 37.2 Å². The average molecular weight is 327 g/mol. The second-order valence-electron chi connectivity index (χ2n) is 4.20. The third kappa shape index (κ3) is 2.96. The Hall–Kier alpha value is -0.780. The second kappa shape index (κ2) is 5.47. The van der Waals surface area contributed by atoms with Gasteiger partial charge < -0.3 is 10.2 Å². The van der Waals surface area contributed by atoms with E-state index in [1.54, 1.807) is 0 Å². The average Bonchev–Trinajstić information content (AvgIpc) is 2.61. The zero-order chi connectivity index (χ0) is 13.3. The SMILES string of the molecule is Cc1nc(Sc2ccc([C@H](C)N)cc2Br)oc1C. The Balaban J connectivity index is 2.24. The smallest absolute Gasteiger partial charge is 0.261 e. The summed E-state index contributed by atoms with van der Waals surface area (Å²) in [6.45, 7) is 5.83. The second-order valence-corrected chi connectivity index (χ2v) is 6.05. The molecule has 2 aromatic rings. The number of rotatable bonds is 3. The summed E-state index contributed by atoms with van der Waals surface area (Å²) in [5, 5.41) is 0.666. The summed E-state index contributed by atoms with van der Waals surface area (Å²) in [6.07, 6.45) is 0. The molecule has 1 aromatic heterocycles. The van der Waals surface area contributed by atoms with Gasteiger partial charge >= 0.3 is 0 Å². The van der Waals surface area contributed by atoms with E-state index in [9.17, 15) is 0 Å². The van der Waals surface area contributed by atoms with Crippen LogP contribution in [0.3, 0.4) is 0 Å². The molecule has 0 bridgehead atoms. The van der Waals surface area contributed by atoms with Crippen LogP contribution in [-0.2, 0) is 0 Å². The molecule has 0 amide bonds. The summed E-state index contributed by atoms with van der Waals surface area (Å²) in [5.74, 6) is 0.862. The number of nitrogens with two attached hydrogens (primary N) is 1. The molecule has 0 aliphatic carbocycles. The van der Waals surface area contributed by atoms with Gasteiger partial charge in [-0.15, -0.1) is 0 Å². The highest BCUT2D eigenvalue weighted by Crippen LogP contribution is 2.34. The maximum Gasteiger partial charge on any atom is 0.261 e. The van der Waals surface area contributed by atoms with Gasteiger partial charge in [-0.1, -0.05) is 6.07 Å². The van der Waals surface area contributed by atoms with Crippen LogP contribution in [0.5, 0.6) is 0 Å². The molecule has 0 unspecified atom stereocenters. The first-order valence-corrected chi connectivity index (χ1v) is 7.25. The molecular formula is C13H15BrN2OS. The molecule has 0 aliphatic heterocycles. The van der Waals surface area contributed by atoms with Gasteiger partial charge in [-0.2, -0.15) is 0 Å². The third-order valence-electron chi connectivity index (χ3n) is 2.69. The number of hydrogen-bond donors (Lipinski definition) is 1. The van der Waals surface area contributed by atoms with Crippen LogP contribution in [0.25, 0.3) is 0 Å². The minimum Gasteiger partial charge on any atom is -0.436 e. The number of aromatic nitrogens is 1. The van der Waals surface area contributed by atoms with Crippen LogP contribution in [0.4, 0.5) is 0 Å². The largest absolute Gasteiger partial charge is 0.436 e. The highest BCUT2D eigenvalue weighted by molar-refractivity contribution is 9.10. The van der Waals surface area contributed by atoms with Crippen molar-refractivity contribution in [3.8, 4) is 0 Å². The summed E-state index contributed by atoms with van der Waals surface area (Å²) >= 11 is 5.06. The molecule has 0 spiro atoms. The van der Waals surface area contributed by atoms with Crippen molar-refractivity contribution in [2.45, 2.75) is 36.9 Å². The first-order valence-electron chi connectivity index (χ1n) is 5.64. The maximum absolute atomic E-state index is 5.85. The Kier molecular flexibility index (Phi) is 4.14. The predicted octanol–water partition coefficient (Wildman–Crippen LogP) is 4.22. The highest BCUT2D eigenvalue weighted by atomic mass is 79.9. The Morgan fingerprint density at radius 1 is 1.39 bits per heavy atom. The monoisotopic (exact) mass is 326 g/mol. The van der Waals surface area contributed by atoms with E-state index in [1.165, 1.54) is 11.8 Å². The molecule has 3 nitrogen and oxygen atoms in total. The van der Waals surface area contributed by atoms with Crippen LogP contribution < -0.4 is 5.73 Å². The van der Waals surface area contributed by atoms with E-state index < -0.39 is 0 Å². The van der Waals surface area contributed by atoms with Crippen molar-refractivity contribution >= 4 is 27.7 Å². The maximum atomic E-state index is 5.85. The first-order chi connectivity index (χ1) is 8.47. The lowest BCUT2D eigenvalue weighted by Crippen LogP contribution is -2.04. The zero-order valence-electron chi connectivity index (χ0n) is 10.5. The molecule has 1 aromatic carbocycles. The molecule has 0 saturated carbocycles. The van der Waals surface area contributed by atoms with Gasteiger partial charge in [0.15, 0.2) is 0 Å². The predicted molar refractivity (Wildman–Crippen MR) is 76.8 cm³/mol. The lowest BCUT2D eigenvalue weighted by molar-refractivity contribution is 0.431. The summed E-state index contributed by atoms with van der Waals surface area (Å²) in [4.78, 5) is 5.42. The topological polar surface area (TPSA) is 52.0 Å². The molecule has 96 valence electrons. The minimum absolute atomic E-state index is 0.0339. The van der Waals surface area contributed by atoms with E-state index in [1.807, 2.05) is 39.0 Å². The lowest BCUT2D eigenvalue weighted by atomic mass is 10.1. The summed E-state index contributed by atoms with van der Waals surface area (Å²) in [6, 6.07) is 6.13. The molecule has 0 saturated heterocycles. The molecule has 0 aliphatic rings. The fourth-order valence-corrected chi connectivity index (χ4v) is 2.93. The summed E-state index contributed by atoms with van der Waals surface area (Å²) < 4.78 is 6.57. The van der Waals surface area contributed by atoms with Crippen molar-refractivity contribution in [1.29, 1.82) is 0 Å². The Bertz CT molecular complexity index is 547. The Labute approximate surface area is 119 Å². The zero-order valence-corrected chi connectivity index (χ0v) is 12.9. The standard InChI is InChI=1S/C13H15BrN2OS/c1-7(15)10-4-5-12(11(14)6-10)18-13-16-8(2)9(3)17-13/h4-7H,15H2,1-3H3/t7-/m0/s1. The van der Waals surface area contributed by atoms with Gasteiger partial charge in [0.1, 0.15) is 5.76 Å². The molecule has 5 heteroatoms. The number of halogens is 1. The van der Waals surface area contributed by atoms with Crippen molar-refractivity contribution in [2.24, 2.45) is 5.73 Å². The van der Waals surface area contributed by atoms with Gasteiger partial charge in [0.25, 0.3) is 5.22 Å². The van der Waals surface area contributed by atoms with Gasteiger partial charge in [-0.25, -0.2) is 4.98 Å². The van der Waals surface area contributed by atoms with Crippen LogP contribution in [-0.4, -0.2) is 4.98 Å². The number of oxazole rings is 1. The molecule has 1 atom stereocenters. The van der Waals surface area contributed by atoms with Gasteiger partial charge in [-0.05, 0) is 66.2 Å². The summed E-state index contributed by atoms with van der Waals surface area (Å²) in [5.41, 5.74) is 7.88. The lowest BCUT2D eigenvalue weighted by Gasteiger charge is -2.08. The van der Waals surface area contributed by atoms with Gasteiger partial charge in [0, 0.05) is 15.4 Å². The molecule has 1 heterocycles. The Morgan fingerprint density at radius 2 is 2.11 bits per heavy atom. The van der Waals surface area contributed by atoms with Crippen LogP contribution in [0.1, 0.15) is 30.0 Å². The van der Waals surface area contributed by atoms with E-state index in [-0.39, 0.29) is 6.04 Å². The minimum atomic E-state index is 0.0339. The van der Waals surface area contributed by atoms with Crippen molar-refractivity contribution in [2.75, 3.05) is 0 Å². The highest BCUT2D eigenvalue weighted by Gasteiger charge is 2.11. The van der Waals surface area contributed by atoms with Crippen molar-refractivity contribution in [1.82, 2.24) is 4.98 Å².